The number of aryl methyl sites for hydroxylation is 1. The van der Waals surface area contributed by atoms with Crippen LogP contribution in [-0.4, -0.2) is 54.4 Å². The SMILES string of the molecule is Cc1nc(NC(=S)NCCN2CCOCC2)c(Cl)cc1Cl. The molecule has 1 aliphatic rings. The number of nitrogens with one attached hydrogen (secondary N) is 2. The number of nitrogens with zero attached hydrogens (tertiary/aromatic N) is 2. The molecule has 2 rings (SSSR count). The molecule has 5 nitrogen and oxygen atoms in total. The lowest BCUT2D eigenvalue weighted by Crippen LogP contribution is -2.42. The Kier molecular flexibility index (Phi) is 6.44. The van der Waals surface area contributed by atoms with E-state index >= 15 is 0 Å². The Bertz CT molecular complexity index is 509. The van der Waals surface area contributed by atoms with Crippen LogP contribution in [0.1, 0.15) is 5.69 Å². The monoisotopic (exact) mass is 348 g/mol. The Morgan fingerprint density at radius 2 is 2.10 bits per heavy atom. The van der Waals surface area contributed by atoms with Crippen molar-refractivity contribution >= 4 is 46.4 Å². The number of thiocarbonyl (C=S) groups is 1. The molecule has 1 aliphatic heterocycles. The molecule has 0 aromatic carbocycles. The second kappa shape index (κ2) is 8.10. The van der Waals surface area contributed by atoms with Crippen molar-refractivity contribution in [1.29, 1.82) is 0 Å². The van der Waals surface area contributed by atoms with Crippen LogP contribution in [0.5, 0.6) is 0 Å². The summed E-state index contributed by atoms with van der Waals surface area (Å²) in [6.07, 6.45) is 0. The molecule has 0 amide bonds. The van der Waals surface area contributed by atoms with Crippen LogP contribution >= 0.6 is 35.4 Å². The van der Waals surface area contributed by atoms with Gasteiger partial charge in [-0.25, -0.2) is 4.98 Å². The normalized spacial score (nSPS) is 15.8. The van der Waals surface area contributed by atoms with Gasteiger partial charge in [-0.15, -0.1) is 0 Å². The topological polar surface area (TPSA) is 49.4 Å². The molecular formula is C13H18Cl2N4OS. The van der Waals surface area contributed by atoms with E-state index in [0.29, 0.717) is 26.7 Å². The summed E-state index contributed by atoms with van der Waals surface area (Å²) in [7, 11) is 0. The summed E-state index contributed by atoms with van der Waals surface area (Å²) in [5.74, 6) is 0.516. The third kappa shape index (κ3) is 5.23. The first-order valence-electron chi connectivity index (χ1n) is 6.74. The van der Waals surface area contributed by atoms with Gasteiger partial charge in [0.25, 0.3) is 0 Å². The van der Waals surface area contributed by atoms with Crippen molar-refractivity contribution < 1.29 is 4.74 Å². The molecule has 1 fully saturated rings. The summed E-state index contributed by atoms with van der Waals surface area (Å²) in [5.41, 5.74) is 0.708. The molecule has 0 saturated carbocycles. The summed E-state index contributed by atoms with van der Waals surface area (Å²) in [6, 6.07) is 1.66. The third-order valence-corrected chi connectivity index (χ3v) is 4.07. The van der Waals surface area contributed by atoms with Gasteiger partial charge in [0, 0.05) is 26.2 Å². The van der Waals surface area contributed by atoms with Crippen molar-refractivity contribution in [2.24, 2.45) is 0 Å². The minimum atomic E-state index is 0.447. The first-order valence-corrected chi connectivity index (χ1v) is 7.90. The fourth-order valence-corrected chi connectivity index (χ4v) is 2.55. The molecule has 0 spiro atoms. The molecule has 0 radical (unpaired) electrons. The number of halogens is 2. The molecule has 8 heteroatoms. The third-order valence-electron chi connectivity index (χ3n) is 3.15. The zero-order valence-electron chi connectivity index (χ0n) is 11.8. The van der Waals surface area contributed by atoms with E-state index in [1.165, 1.54) is 0 Å². The first-order chi connectivity index (χ1) is 10.1. The largest absolute Gasteiger partial charge is 0.379 e. The van der Waals surface area contributed by atoms with Crippen LogP contribution in [0.2, 0.25) is 10.0 Å². The number of hydrogen-bond acceptors (Lipinski definition) is 4. The van der Waals surface area contributed by atoms with Gasteiger partial charge in [0.2, 0.25) is 0 Å². The second-order valence-electron chi connectivity index (χ2n) is 4.72. The van der Waals surface area contributed by atoms with Crippen LogP contribution in [0.3, 0.4) is 0 Å². The summed E-state index contributed by atoms with van der Waals surface area (Å²) in [6.45, 7) is 7.02. The van der Waals surface area contributed by atoms with Gasteiger partial charge < -0.3 is 15.4 Å². The summed E-state index contributed by atoms with van der Waals surface area (Å²) in [4.78, 5) is 6.61. The van der Waals surface area contributed by atoms with Gasteiger partial charge in [0.15, 0.2) is 10.9 Å². The van der Waals surface area contributed by atoms with Gasteiger partial charge in [-0.1, -0.05) is 23.2 Å². The molecule has 0 bridgehead atoms. The van der Waals surface area contributed by atoms with E-state index in [9.17, 15) is 0 Å². The highest BCUT2D eigenvalue weighted by atomic mass is 35.5. The second-order valence-corrected chi connectivity index (χ2v) is 5.94. The summed E-state index contributed by atoms with van der Waals surface area (Å²) < 4.78 is 5.31. The van der Waals surface area contributed by atoms with E-state index in [1.54, 1.807) is 6.07 Å². The highest BCUT2D eigenvalue weighted by Crippen LogP contribution is 2.25. The Morgan fingerprint density at radius 1 is 1.38 bits per heavy atom. The zero-order valence-corrected chi connectivity index (χ0v) is 14.1. The van der Waals surface area contributed by atoms with Crippen LogP contribution in [0.4, 0.5) is 5.82 Å². The standard InChI is InChI=1S/C13H18Cl2N4OS/c1-9-10(14)8-11(15)12(17-9)18-13(21)16-2-3-19-4-6-20-7-5-19/h8H,2-7H2,1H3,(H2,16,17,18,21). The molecule has 1 saturated heterocycles. The molecule has 0 unspecified atom stereocenters. The number of aromatic nitrogens is 1. The lowest BCUT2D eigenvalue weighted by Gasteiger charge is -2.26. The van der Waals surface area contributed by atoms with Gasteiger partial charge >= 0.3 is 0 Å². The number of rotatable bonds is 4. The Balaban J connectivity index is 1.77. The van der Waals surface area contributed by atoms with Crippen LogP contribution in [-0.2, 0) is 4.74 Å². The van der Waals surface area contributed by atoms with E-state index in [0.717, 1.165) is 39.4 Å². The minimum absolute atomic E-state index is 0.447. The molecule has 1 aromatic heterocycles. The molecule has 2 heterocycles. The minimum Gasteiger partial charge on any atom is -0.379 e. The van der Waals surface area contributed by atoms with Crippen molar-refractivity contribution in [3.05, 3.63) is 21.8 Å². The summed E-state index contributed by atoms with van der Waals surface area (Å²) >= 11 is 17.3. The quantitative estimate of drug-likeness (QED) is 0.814. The van der Waals surface area contributed by atoms with Gasteiger partial charge in [-0.3, -0.25) is 4.90 Å². The number of morpholine rings is 1. The summed E-state index contributed by atoms with van der Waals surface area (Å²) in [5, 5.41) is 7.62. The van der Waals surface area contributed by atoms with Crippen LogP contribution < -0.4 is 10.6 Å². The van der Waals surface area contributed by atoms with E-state index in [-0.39, 0.29) is 0 Å². The Morgan fingerprint density at radius 3 is 2.81 bits per heavy atom. The Hall–Kier alpha value is -0.660. The van der Waals surface area contributed by atoms with Crippen molar-refractivity contribution in [3.63, 3.8) is 0 Å². The van der Waals surface area contributed by atoms with E-state index in [2.05, 4.69) is 20.5 Å². The van der Waals surface area contributed by atoms with E-state index in [1.807, 2.05) is 6.92 Å². The molecule has 116 valence electrons. The maximum atomic E-state index is 6.08. The Labute approximate surface area is 140 Å². The fraction of sp³-hybridized carbons (Fsp3) is 0.538. The van der Waals surface area contributed by atoms with Gasteiger partial charge in [-0.05, 0) is 25.2 Å². The number of hydrogen-bond donors (Lipinski definition) is 2. The predicted molar refractivity (Wildman–Crippen MR) is 90.5 cm³/mol. The molecule has 1 aromatic rings. The molecule has 0 atom stereocenters. The maximum absolute atomic E-state index is 6.08. The first kappa shape index (κ1) is 16.7. The maximum Gasteiger partial charge on any atom is 0.172 e. The van der Waals surface area contributed by atoms with Crippen LogP contribution in [0, 0.1) is 6.92 Å². The molecule has 0 aliphatic carbocycles. The van der Waals surface area contributed by atoms with Crippen molar-refractivity contribution in [3.8, 4) is 0 Å². The van der Waals surface area contributed by atoms with Gasteiger partial charge in [0.05, 0.1) is 29.0 Å². The molecule has 2 N–H and O–H groups in total. The predicted octanol–water partition coefficient (Wildman–Crippen LogP) is 2.32. The average Bonchev–Trinajstić information content (AvgIpc) is 2.46. The zero-order chi connectivity index (χ0) is 15.2. The highest BCUT2D eigenvalue weighted by molar-refractivity contribution is 7.80. The number of pyridine rings is 1. The van der Waals surface area contributed by atoms with E-state index in [4.69, 9.17) is 40.2 Å². The van der Waals surface area contributed by atoms with Crippen LogP contribution in [0.25, 0.3) is 0 Å². The fourth-order valence-electron chi connectivity index (χ4n) is 1.95. The van der Waals surface area contributed by atoms with Gasteiger partial charge in [0.1, 0.15) is 0 Å². The van der Waals surface area contributed by atoms with Crippen molar-refractivity contribution in [2.45, 2.75) is 6.92 Å². The van der Waals surface area contributed by atoms with E-state index < -0.39 is 0 Å². The van der Waals surface area contributed by atoms with Crippen LogP contribution in [0.15, 0.2) is 6.07 Å². The van der Waals surface area contributed by atoms with Crippen molar-refractivity contribution in [1.82, 2.24) is 15.2 Å². The average molecular weight is 349 g/mol. The number of ether oxygens (including phenoxy) is 1. The van der Waals surface area contributed by atoms with Gasteiger partial charge in [-0.2, -0.15) is 0 Å². The lowest BCUT2D eigenvalue weighted by atomic mass is 10.3. The van der Waals surface area contributed by atoms with Crippen molar-refractivity contribution in [2.75, 3.05) is 44.7 Å². The number of anilines is 1. The smallest absolute Gasteiger partial charge is 0.172 e. The highest BCUT2D eigenvalue weighted by Gasteiger charge is 2.10. The lowest BCUT2D eigenvalue weighted by molar-refractivity contribution is 0.0389. The molecular weight excluding hydrogens is 331 g/mol. The molecule has 21 heavy (non-hydrogen) atoms.